The smallest absolute Gasteiger partial charge is 0.195 e. The average Bonchev–Trinajstić information content (AvgIpc) is 2.91. The fourth-order valence-corrected chi connectivity index (χ4v) is 4.30. The van der Waals surface area contributed by atoms with Crippen LogP contribution in [0.4, 0.5) is 5.82 Å². The summed E-state index contributed by atoms with van der Waals surface area (Å²) in [5, 5.41) is 2.98. The van der Waals surface area contributed by atoms with Crippen LogP contribution in [0.2, 0.25) is 0 Å². The van der Waals surface area contributed by atoms with E-state index < -0.39 is 0 Å². The summed E-state index contributed by atoms with van der Waals surface area (Å²) < 4.78 is 2.23. The van der Waals surface area contributed by atoms with E-state index in [1.54, 1.807) is 11.3 Å². The van der Waals surface area contributed by atoms with Crippen LogP contribution < -0.4 is 4.90 Å². The minimum atomic E-state index is 0.657. The van der Waals surface area contributed by atoms with Gasteiger partial charge in [-0.2, -0.15) is 0 Å². The maximum Gasteiger partial charge on any atom is 0.195 e. The lowest BCUT2D eigenvalue weighted by molar-refractivity contribution is 0.552. The summed E-state index contributed by atoms with van der Waals surface area (Å²) in [7, 11) is 0. The molecular formula is C14H20BrN3S. The standard InChI is InChI=1S/C14H20BrN3S/c1-2-11-6-4-3-5-7-17(11)13-12(10-15)18-8-9-19-14(18)16-13/h8-9,11H,2-7,10H2,1H3. The van der Waals surface area contributed by atoms with E-state index in [1.807, 2.05) is 0 Å². The van der Waals surface area contributed by atoms with Crippen molar-refractivity contribution < 1.29 is 0 Å². The lowest BCUT2D eigenvalue weighted by Crippen LogP contribution is -2.35. The van der Waals surface area contributed by atoms with Crippen LogP contribution in [-0.4, -0.2) is 22.0 Å². The summed E-state index contributed by atoms with van der Waals surface area (Å²) in [4.78, 5) is 8.56. The van der Waals surface area contributed by atoms with Gasteiger partial charge in [0, 0.05) is 29.5 Å². The summed E-state index contributed by atoms with van der Waals surface area (Å²) in [6.45, 7) is 3.46. The van der Waals surface area contributed by atoms with Gasteiger partial charge in [-0.3, -0.25) is 4.40 Å². The third-order valence-corrected chi connectivity index (χ3v) is 5.37. The molecular weight excluding hydrogens is 322 g/mol. The summed E-state index contributed by atoms with van der Waals surface area (Å²) in [5.41, 5.74) is 1.30. The second-order valence-electron chi connectivity index (χ2n) is 5.18. The molecule has 3 nitrogen and oxygen atoms in total. The van der Waals surface area contributed by atoms with Gasteiger partial charge in [-0.15, -0.1) is 11.3 Å². The number of halogens is 1. The predicted octanol–water partition coefficient (Wildman–Crippen LogP) is 4.45. The van der Waals surface area contributed by atoms with E-state index >= 15 is 0 Å². The van der Waals surface area contributed by atoms with Crippen LogP contribution in [0.3, 0.4) is 0 Å². The van der Waals surface area contributed by atoms with Crippen molar-refractivity contribution in [3.8, 4) is 0 Å². The topological polar surface area (TPSA) is 20.5 Å². The molecule has 0 aliphatic carbocycles. The molecule has 1 aliphatic rings. The first-order chi connectivity index (χ1) is 9.35. The molecule has 1 fully saturated rings. The van der Waals surface area contributed by atoms with Gasteiger partial charge in [0.1, 0.15) is 0 Å². The Morgan fingerprint density at radius 2 is 2.32 bits per heavy atom. The predicted molar refractivity (Wildman–Crippen MR) is 85.6 cm³/mol. The van der Waals surface area contributed by atoms with Gasteiger partial charge < -0.3 is 4.90 Å². The van der Waals surface area contributed by atoms with E-state index in [9.17, 15) is 0 Å². The van der Waals surface area contributed by atoms with Crippen LogP contribution >= 0.6 is 27.3 Å². The van der Waals surface area contributed by atoms with Crippen molar-refractivity contribution in [3.05, 3.63) is 17.3 Å². The number of alkyl halides is 1. The van der Waals surface area contributed by atoms with Crippen LogP contribution in [0.25, 0.3) is 4.96 Å². The normalized spacial score (nSPS) is 20.9. The lowest BCUT2D eigenvalue weighted by atomic mass is 10.1. The number of nitrogens with zero attached hydrogens (tertiary/aromatic N) is 3. The summed E-state index contributed by atoms with van der Waals surface area (Å²) in [6, 6.07) is 0.657. The van der Waals surface area contributed by atoms with Gasteiger partial charge in [0.2, 0.25) is 0 Å². The van der Waals surface area contributed by atoms with E-state index in [0.717, 1.165) is 16.8 Å². The summed E-state index contributed by atoms with van der Waals surface area (Å²) >= 11 is 5.36. The van der Waals surface area contributed by atoms with Crippen LogP contribution in [-0.2, 0) is 5.33 Å². The monoisotopic (exact) mass is 341 g/mol. The van der Waals surface area contributed by atoms with Gasteiger partial charge in [0.25, 0.3) is 0 Å². The highest BCUT2D eigenvalue weighted by atomic mass is 79.9. The molecule has 0 amide bonds. The number of hydrogen-bond acceptors (Lipinski definition) is 3. The largest absolute Gasteiger partial charge is 0.352 e. The quantitative estimate of drug-likeness (QED) is 0.768. The fraction of sp³-hybridized carbons (Fsp3) is 0.643. The van der Waals surface area contributed by atoms with Gasteiger partial charge in [-0.25, -0.2) is 4.98 Å². The van der Waals surface area contributed by atoms with Crippen molar-refractivity contribution in [2.75, 3.05) is 11.4 Å². The van der Waals surface area contributed by atoms with Crippen LogP contribution in [0, 0.1) is 0 Å². The van der Waals surface area contributed by atoms with Crippen LogP contribution in [0.15, 0.2) is 11.6 Å². The van der Waals surface area contributed by atoms with Crippen molar-refractivity contribution >= 4 is 38.0 Å². The molecule has 1 saturated heterocycles. The molecule has 3 heterocycles. The molecule has 104 valence electrons. The molecule has 0 aromatic carbocycles. The number of anilines is 1. The van der Waals surface area contributed by atoms with Gasteiger partial charge in [0.15, 0.2) is 10.8 Å². The molecule has 0 bridgehead atoms. The summed E-state index contributed by atoms with van der Waals surface area (Å²) in [6.07, 6.45) is 8.67. The fourth-order valence-electron chi connectivity index (χ4n) is 3.06. The number of fused-ring (bicyclic) bond motifs is 1. The summed E-state index contributed by atoms with van der Waals surface area (Å²) in [5.74, 6) is 1.21. The molecule has 0 spiro atoms. The van der Waals surface area contributed by atoms with E-state index in [4.69, 9.17) is 4.98 Å². The highest BCUT2D eigenvalue weighted by molar-refractivity contribution is 9.08. The molecule has 0 radical (unpaired) electrons. The number of imidazole rings is 1. The maximum atomic E-state index is 4.88. The second kappa shape index (κ2) is 5.83. The van der Waals surface area contributed by atoms with E-state index in [2.05, 4.69) is 43.7 Å². The Bertz CT molecular complexity index is 548. The second-order valence-corrected chi connectivity index (χ2v) is 6.61. The van der Waals surface area contributed by atoms with Crippen molar-refractivity contribution in [3.63, 3.8) is 0 Å². The molecule has 2 aromatic rings. The van der Waals surface area contributed by atoms with Gasteiger partial charge >= 0.3 is 0 Å². The minimum Gasteiger partial charge on any atom is -0.352 e. The SMILES string of the molecule is CCC1CCCCCN1c1nc2sccn2c1CBr. The van der Waals surface area contributed by atoms with Crippen molar-refractivity contribution in [2.45, 2.75) is 50.4 Å². The Kier molecular flexibility index (Phi) is 4.12. The van der Waals surface area contributed by atoms with Gasteiger partial charge in [-0.05, 0) is 19.3 Å². The Balaban J connectivity index is 2.02. The molecule has 19 heavy (non-hydrogen) atoms. The van der Waals surface area contributed by atoms with Crippen molar-refractivity contribution in [1.29, 1.82) is 0 Å². The third-order valence-electron chi connectivity index (χ3n) is 4.09. The van der Waals surface area contributed by atoms with E-state index in [1.165, 1.54) is 43.6 Å². The Morgan fingerprint density at radius 1 is 1.42 bits per heavy atom. The maximum absolute atomic E-state index is 4.88. The van der Waals surface area contributed by atoms with E-state index in [-0.39, 0.29) is 0 Å². The molecule has 1 aliphatic heterocycles. The van der Waals surface area contributed by atoms with Gasteiger partial charge in [-0.1, -0.05) is 35.7 Å². The zero-order chi connectivity index (χ0) is 13.2. The van der Waals surface area contributed by atoms with E-state index in [0.29, 0.717) is 6.04 Å². The molecule has 0 N–H and O–H groups in total. The highest BCUT2D eigenvalue weighted by Crippen LogP contribution is 2.31. The lowest BCUT2D eigenvalue weighted by Gasteiger charge is -2.30. The molecule has 1 unspecified atom stereocenters. The van der Waals surface area contributed by atoms with Crippen molar-refractivity contribution in [1.82, 2.24) is 9.38 Å². The molecule has 5 heteroatoms. The average molecular weight is 342 g/mol. The van der Waals surface area contributed by atoms with Crippen LogP contribution in [0.1, 0.15) is 44.7 Å². The highest BCUT2D eigenvalue weighted by Gasteiger charge is 2.25. The molecule has 1 atom stereocenters. The number of aromatic nitrogens is 2. The molecule has 3 rings (SSSR count). The first kappa shape index (κ1) is 13.4. The molecule has 0 saturated carbocycles. The van der Waals surface area contributed by atoms with Crippen LogP contribution in [0.5, 0.6) is 0 Å². The number of hydrogen-bond donors (Lipinski definition) is 0. The van der Waals surface area contributed by atoms with Crippen molar-refractivity contribution in [2.24, 2.45) is 0 Å². The zero-order valence-corrected chi connectivity index (χ0v) is 13.7. The van der Waals surface area contributed by atoms with Gasteiger partial charge in [0.05, 0.1) is 5.69 Å². The first-order valence-corrected chi connectivity index (χ1v) is 9.12. The number of thiazole rings is 1. The number of rotatable bonds is 3. The molecule has 2 aromatic heterocycles. The Hall–Kier alpha value is -0.550. The Morgan fingerprint density at radius 3 is 3.11 bits per heavy atom. The zero-order valence-electron chi connectivity index (χ0n) is 11.3. The Labute approximate surface area is 126 Å². The minimum absolute atomic E-state index is 0.657. The third kappa shape index (κ3) is 2.42. The first-order valence-electron chi connectivity index (χ1n) is 7.12.